The Kier molecular flexibility index (Phi) is 5.60. The Bertz CT molecular complexity index is 1000. The highest BCUT2D eigenvalue weighted by Gasteiger charge is 2.30. The van der Waals surface area contributed by atoms with Crippen LogP contribution in [0.3, 0.4) is 0 Å². The van der Waals surface area contributed by atoms with Crippen LogP contribution >= 0.6 is 11.8 Å². The molecule has 0 saturated heterocycles. The fourth-order valence-electron chi connectivity index (χ4n) is 3.79. The molecular formula is C22H23NO3S2. The Labute approximate surface area is 170 Å². The van der Waals surface area contributed by atoms with E-state index in [0.29, 0.717) is 12.3 Å². The molecule has 0 N–H and O–H groups in total. The molecule has 4 nitrogen and oxygen atoms in total. The molecule has 28 heavy (non-hydrogen) atoms. The molecule has 1 aliphatic carbocycles. The maximum absolute atomic E-state index is 13.0. The first-order chi connectivity index (χ1) is 13.5. The first kappa shape index (κ1) is 19.3. The number of amides is 1. The Balaban J connectivity index is 1.47. The summed E-state index contributed by atoms with van der Waals surface area (Å²) in [4.78, 5) is 15.8. The van der Waals surface area contributed by atoms with Crippen molar-refractivity contribution < 1.29 is 13.2 Å². The fraction of sp³-hybridized carbons (Fsp3) is 0.318. The molecule has 2 aromatic rings. The highest BCUT2D eigenvalue weighted by atomic mass is 32.2. The standard InChI is InChI=1S/C22H23NO3S2/c24-22(15-27-21-10-9-18-7-4-8-19(18)13-21)23(14-17-5-2-1-3-6-17)20-11-12-28(25,26)16-20/h1-3,5-6,9-13,20H,4,7-8,14-16H2/t20-/m0/s1. The maximum Gasteiger partial charge on any atom is 0.233 e. The van der Waals surface area contributed by atoms with Gasteiger partial charge in [0, 0.05) is 16.8 Å². The number of hydrogen-bond donors (Lipinski definition) is 0. The van der Waals surface area contributed by atoms with Gasteiger partial charge in [-0.05, 0) is 54.2 Å². The van der Waals surface area contributed by atoms with E-state index in [-0.39, 0.29) is 11.7 Å². The molecule has 1 heterocycles. The zero-order valence-electron chi connectivity index (χ0n) is 15.6. The predicted molar refractivity (Wildman–Crippen MR) is 113 cm³/mol. The molecule has 0 radical (unpaired) electrons. The minimum atomic E-state index is -3.22. The summed E-state index contributed by atoms with van der Waals surface area (Å²) < 4.78 is 23.8. The summed E-state index contributed by atoms with van der Waals surface area (Å²) in [5, 5.41) is 1.23. The van der Waals surface area contributed by atoms with E-state index in [1.54, 1.807) is 11.0 Å². The van der Waals surface area contributed by atoms with E-state index in [9.17, 15) is 13.2 Å². The number of rotatable bonds is 6. The third-order valence-electron chi connectivity index (χ3n) is 5.26. The SMILES string of the molecule is O=C(CSc1ccc2c(c1)CCC2)N(Cc1ccccc1)[C@H]1C=CS(=O)(=O)C1. The summed E-state index contributed by atoms with van der Waals surface area (Å²) in [6.07, 6.45) is 5.10. The van der Waals surface area contributed by atoms with Gasteiger partial charge in [0.2, 0.25) is 5.91 Å². The van der Waals surface area contributed by atoms with Gasteiger partial charge in [0.15, 0.2) is 9.84 Å². The van der Waals surface area contributed by atoms with Crippen LogP contribution in [0, 0.1) is 0 Å². The fourth-order valence-corrected chi connectivity index (χ4v) is 5.93. The van der Waals surface area contributed by atoms with Crippen molar-refractivity contribution in [2.75, 3.05) is 11.5 Å². The Morgan fingerprint density at radius 1 is 1.07 bits per heavy atom. The smallest absolute Gasteiger partial charge is 0.233 e. The van der Waals surface area contributed by atoms with Crippen LogP contribution in [-0.4, -0.2) is 36.8 Å². The summed E-state index contributed by atoms with van der Waals surface area (Å²) in [6.45, 7) is 0.412. The summed E-state index contributed by atoms with van der Waals surface area (Å²) in [6, 6.07) is 15.8. The van der Waals surface area contributed by atoms with Crippen molar-refractivity contribution in [3.05, 3.63) is 76.7 Å². The van der Waals surface area contributed by atoms with Crippen LogP contribution in [0.4, 0.5) is 0 Å². The summed E-state index contributed by atoms with van der Waals surface area (Å²) in [5.74, 6) is 0.228. The van der Waals surface area contributed by atoms with Crippen LogP contribution < -0.4 is 0 Å². The van der Waals surface area contributed by atoms with E-state index in [1.165, 1.54) is 34.7 Å². The van der Waals surface area contributed by atoms with Crippen LogP contribution in [0.1, 0.15) is 23.1 Å². The maximum atomic E-state index is 13.0. The van der Waals surface area contributed by atoms with Crippen LogP contribution in [0.15, 0.2) is 64.9 Å². The second-order valence-corrected chi connectivity index (χ2v) is 10.3. The van der Waals surface area contributed by atoms with Gasteiger partial charge in [-0.3, -0.25) is 4.79 Å². The van der Waals surface area contributed by atoms with Gasteiger partial charge < -0.3 is 4.90 Å². The molecule has 1 amide bonds. The van der Waals surface area contributed by atoms with Gasteiger partial charge in [0.1, 0.15) is 0 Å². The first-order valence-corrected chi connectivity index (χ1v) is 12.2. The van der Waals surface area contributed by atoms with Gasteiger partial charge in [-0.2, -0.15) is 0 Å². The first-order valence-electron chi connectivity index (χ1n) is 9.49. The molecule has 2 aromatic carbocycles. The van der Waals surface area contributed by atoms with Gasteiger partial charge in [0.05, 0.1) is 17.5 Å². The molecule has 0 unspecified atom stereocenters. The van der Waals surface area contributed by atoms with Crippen LogP contribution in [0.25, 0.3) is 0 Å². The molecule has 2 aliphatic rings. The molecule has 0 spiro atoms. The normalized spacial score (nSPS) is 19.5. The number of thioether (sulfide) groups is 1. The molecule has 4 rings (SSSR count). The number of carbonyl (C=O) groups excluding carboxylic acids is 1. The van der Waals surface area contributed by atoms with Crippen molar-refractivity contribution in [1.29, 1.82) is 0 Å². The Morgan fingerprint density at radius 2 is 1.86 bits per heavy atom. The van der Waals surface area contributed by atoms with Gasteiger partial charge in [-0.15, -0.1) is 11.8 Å². The number of carbonyl (C=O) groups is 1. The van der Waals surface area contributed by atoms with Gasteiger partial charge in [-0.1, -0.05) is 36.4 Å². The average Bonchev–Trinajstić information content (AvgIpc) is 3.30. The highest BCUT2D eigenvalue weighted by molar-refractivity contribution is 8.00. The Morgan fingerprint density at radius 3 is 2.61 bits per heavy atom. The molecule has 0 aromatic heterocycles. The molecule has 0 fully saturated rings. The lowest BCUT2D eigenvalue weighted by Gasteiger charge is -2.27. The summed E-state index contributed by atoms with van der Waals surface area (Å²) in [5.41, 5.74) is 3.81. The summed E-state index contributed by atoms with van der Waals surface area (Å²) >= 11 is 1.53. The quantitative estimate of drug-likeness (QED) is 0.679. The van der Waals surface area contributed by atoms with Crippen molar-refractivity contribution in [1.82, 2.24) is 4.90 Å². The van der Waals surface area contributed by atoms with Crippen LogP contribution in [0.5, 0.6) is 0 Å². The monoisotopic (exact) mass is 413 g/mol. The lowest BCUT2D eigenvalue weighted by Crippen LogP contribution is -2.41. The Hall–Kier alpha value is -2.05. The van der Waals surface area contributed by atoms with Gasteiger partial charge in [0.25, 0.3) is 0 Å². The number of sulfone groups is 1. The zero-order chi connectivity index (χ0) is 19.6. The molecule has 0 saturated carbocycles. The van der Waals surface area contributed by atoms with E-state index in [0.717, 1.165) is 23.3 Å². The number of nitrogens with zero attached hydrogens (tertiary/aromatic N) is 1. The second-order valence-electron chi connectivity index (χ2n) is 7.31. The van der Waals surface area contributed by atoms with Crippen molar-refractivity contribution in [2.45, 2.75) is 36.7 Å². The molecule has 146 valence electrons. The van der Waals surface area contributed by atoms with E-state index in [2.05, 4.69) is 18.2 Å². The van der Waals surface area contributed by atoms with E-state index < -0.39 is 15.9 Å². The van der Waals surface area contributed by atoms with Crippen molar-refractivity contribution in [3.63, 3.8) is 0 Å². The summed E-state index contributed by atoms with van der Waals surface area (Å²) in [7, 11) is -3.22. The number of aryl methyl sites for hydroxylation is 2. The lowest BCUT2D eigenvalue weighted by molar-refractivity contribution is -0.130. The largest absolute Gasteiger partial charge is 0.330 e. The lowest BCUT2D eigenvalue weighted by atomic mass is 10.1. The van der Waals surface area contributed by atoms with Crippen molar-refractivity contribution in [3.8, 4) is 0 Å². The van der Waals surface area contributed by atoms with E-state index in [4.69, 9.17) is 0 Å². The third-order valence-corrected chi connectivity index (χ3v) is 7.62. The molecular weight excluding hydrogens is 390 g/mol. The van der Waals surface area contributed by atoms with Crippen LogP contribution in [0.2, 0.25) is 0 Å². The zero-order valence-corrected chi connectivity index (χ0v) is 17.2. The third kappa shape index (κ3) is 4.50. The van der Waals surface area contributed by atoms with Gasteiger partial charge >= 0.3 is 0 Å². The van der Waals surface area contributed by atoms with Gasteiger partial charge in [-0.25, -0.2) is 8.42 Å². The number of benzene rings is 2. The minimum absolute atomic E-state index is 0.0327. The predicted octanol–water partition coefficient (Wildman–Crippen LogP) is 3.61. The molecule has 6 heteroatoms. The molecule has 0 bridgehead atoms. The van der Waals surface area contributed by atoms with Crippen molar-refractivity contribution >= 4 is 27.5 Å². The van der Waals surface area contributed by atoms with E-state index in [1.807, 2.05) is 30.3 Å². The topological polar surface area (TPSA) is 54.5 Å². The van der Waals surface area contributed by atoms with Crippen molar-refractivity contribution in [2.24, 2.45) is 0 Å². The molecule has 1 aliphatic heterocycles. The average molecular weight is 414 g/mol. The highest BCUT2D eigenvalue weighted by Crippen LogP contribution is 2.28. The molecule has 1 atom stereocenters. The minimum Gasteiger partial charge on any atom is -0.330 e. The van der Waals surface area contributed by atoms with Crippen LogP contribution in [-0.2, 0) is 34.0 Å². The van der Waals surface area contributed by atoms with E-state index >= 15 is 0 Å². The number of fused-ring (bicyclic) bond motifs is 1. The number of hydrogen-bond acceptors (Lipinski definition) is 4. The second kappa shape index (κ2) is 8.13.